The summed E-state index contributed by atoms with van der Waals surface area (Å²) < 4.78 is 0. The van der Waals surface area contributed by atoms with Crippen LogP contribution in [0.4, 0.5) is 11.5 Å². The summed E-state index contributed by atoms with van der Waals surface area (Å²) in [4.78, 5) is 6.50. The SMILES string of the molecule is CCN(CC)CCCNc1ncc(N)cc1C#N. The number of aromatic nitrogens is 1. The highest BCUT2D eigenvalue weighted by Gasteiger charge is 2.04. The molecule has 0 saturated heterocycles. The van der Waals surface area contributed by atoms with Gasteiger partial charge in [0.05, 0.1) is 17.4 Å². The van der Waals surface area contributed by atoms with Gasteiger partial charge in [0.1, 0.15) is 11.9 Å². The number of nitrogen functional groups attached to an aromatic ring is 1. The highest BCUT2D eigenvalue weighted by Crippen LogP contribution is 2.13. The first-order valence-electron chi connectivity index (χ1n) is 6.33. The first kappa shape index (κ1) is 14.3. The molecule has 0 spiro atoms. The second-order valence-electron chi connectivity index (χ2n) is 4.08. The van der Waals surface area contributed by atoms with Crippen LogP contribution in [0.2, 0.25) is 0 Å². The van der Waals surface area contributed by atoms with Gasteiger partial charge in [0.25, 0.3) is 0 Å². The topological polar surface area (TPSA) is 78.0 Å². The molecule has 0 aromatic carbocycles. The van der Waals surface area contributed by atoms with E-state index in [-0.39, 0.29) is 0 Å². The molecule has 0 aliphatic rings. The summed E-state index contributed by atoms with van der Waals surface area (Å²) in [6, 6.07) is 3.73. The zero-order valence-corrected chi connectivity index (χ0v) is 11.1. The lowest BCUT2D eigenvalue weighted by molar-refractivity contribution is 0.303. The normalized spacial score (nSPS) is 10.3. The Hall–Kier alpha value is -1.80. The Kier molecular flexibility index (Phi) is 5.95. The number of nitrogens with zero attached hydrogens (tertiary/aromatic N) is 3. The minimum absolute atomic E-state index is 0.498. The maximum Gasteiger partial charge on any atom is 0.144 e. The van der Waals surface area contributed by atoms with Gasteiger partial charge < -0.3 is 16.0 Å². The summed E-state index contributed by atoms with van der Waals surface area (Å²) in [7, 11) is 0. The Morgan fingerprint density at radius 1 is 1.44 bits per heavy atom. The first-order valence-corrected chi connectivity index (χ1v) is 6.33. The monoisotopic (exact) mass is 247 g/mol. The van der Waals surface area contributed by atoms with E-state index >= 15 is 0 Å². The third-order valence-corrected chi connectivity index (χ3v) is 2.87. The van der Waals surface area contributed by atoms with Gasteiger partial charge in [-0.05, 0) is 32.1 Å². The molecule has 5 heteroatoms. The Morgan fingerprint density at radius 3 is 2.78 bits per heavy atom. The van der Waals surface area contributed by atoms with Gasteiger partial charge in [0, 0.05) is 6.54 Å². The number of nitrogens with two attached hydrogens (primary N) is 1. The van der Waals surface area contributed by atoms with E-state index in [1.54, 1.807) is 12.3 Å². The molecule has 5 nitrogen and oxygen atoms in total. The molecular formula is C13H21N5. The first-order chi connectivity index (χ1) is 8.71. The van der Waals surface area contributed by atoms with Crippen LogP contribution in [0.15, 0.2) is 12.3 Å². The minimum atomic E-state index is 0.498. The molecule has 0 atom stereocenters. The summed E-state index contributed by atoms with van der Waals surface area (Å²) in [5.41, 5.74) is 6.60. The number of hydrogen-bond donors (Lipinski definition) is 2. The number of nitrogens with one attached hydrogen (secondary N) is 1. The van der Waals surface area contributed by atoms with Crippen LogP contribution >= 0.6 is 0 Å². The molecule has 1 aromatic heterocycles. The fraction of sp³-hybridized carbons (Fsp3) is 0.538. The van der Waals surface area contributed by atoms with Crippen molar-refractivity contribution in [2.24, 2.45) is 0 Å². The molecule has 1 aromatic rings. The molecule has 0 amide bonds. The van der Waals surface area contributed by atoms with Crippen molar-refractivity contribution in [1.82, 2.24) is 9.88 Å². The van der Waals surface area contributed by atoms with Crippen LogP contribution in [0.25, 0.3) is 0 Å². The molecule has 0 radical (unpaired) electrons. The van der Waals surface area contributed by atoms with Gasteiger partial charge in [-0.2, -0.15) is 5.26 Å². The maximum absolute atomic E-state index is 8.97. The Morgan fingerprint density at radius 2 is 2.17 bits per heavy atom. The standard InChI is InChI=1S/C13H21N5/c1-3-18(4-2)7-5-6-16-13-11(9-14)8-12(15)10-17-13/h8,10H,3-7,15H2,1-2H3,(H,16,17). The maximum atomic E-state index is 8.97. The van der Waals surface area contributed by atoms with Crippen molar-refractivity contribution in [3.8, 4) is 6.07 Å². The molecule has 0 unspecified atom stereocenters. The van der Waals surface area contributed by atoms with Crippen molar-refractivity contribution >= 4 is 11.5 Å². The van der Waals surface area contributed by atoms with Crippen LogP contribution in [0, 0.1) is 11.3 Å². The van der Waals surface area contributed by atoms with Crippen LogP contribution in [-0.2, 0) is 0 Å². The van der Waals surface area contributed by atoms with Gasteiger partial charge >= 0.3 is 0 Å². The van der Waals surface area contributed by atoms with Crippen molar-refractivity contribution in [2.45, 2.75) is 20.3 Å². The third kappa shape index (κ3) is 4.22. The smallest absolute Gasteiger partial charge is 0.144 e. The number of rotatable bonds is 7. The van der Waals surface area contributed by atoms with E-state index in [1.807, 2.05) is 0 Å². The molecule has 0 aliphatic heterocycles. The largest absolute Gasteiger partial charge is 0.397 e. The van der Waals surface area contributed by atoms with E-state index in [2.05, 4.69) is 35.1 Å². The van der Waals surface area contributed by atoms with E-state index in [4.69, 9.17) is 11.0 Å². The fourth-order valence-corrected chi connectivity index (χ4v) is 1.76. The van der Waals surface area contributed by atoms with Crippen molar-refractivity contribution in [3.05, 3.63) is 17.8 Å². The average molecular weight is 247 g/mol. The minimum Gasteiger partial charge on any atom is -0.397 e. The second kappa shape index (κ2) is 7.51. The number of anilines is 2. The lowest BCUT2D eigenvalue weighted by atomic mass is 10.2. The summed E-state index contributed by atoms with van der Waals surface area (Å²) in [6.07, 6.45) is 2.59. The van der Waals surface area contributed by atoms with Crippen LogP contribution in [0.1, 0.15) is 25.8 Å². The van der Waals surface area contributed by atoms with E-state index in [1.165, 1.54) is 0 Å². The third-order valence-electron chi connectivity index (χ3n) is 2.87. The molecule has 0 bridgehead atoms. The molecule has 3 N–H and O–H groups in total. The molecule has 1 heterocycles. The quantitative estimate of drug-likeness (QED) is 0.717. The van der Waals surface area contributed by atoms with Crippen molar-refractivity contribution in [1.29, 1.82) is 5.26 Å². The fourth-order valence-electron chi connectivity index (χ4n) is 1.76. The number of nitriles is 1. The lowest BCUT2D eigenvalue weighted by Crippen LogP contribution is -2.25. The van der Waals surface area contributed by atoms with Gasteiger partial charge in [0.15, 0.2) is 0 Å². The van der Waals surface area contributed by atoms with E-state index in [0.29, 0.717) is 17.1 Å². The van der Waals surface area contributed by atoms with Crippen LogP contribution < -0.4 is 11.1 Å². The van der Waals surface area contributed by atoms with Crippen LogP contribution in [-0.4, -0.2) is 36.1 Å². The summed E-state index contributed by atoms with van der Waals surface area (Å²) in [6.45, 7) is 8.32. The van der Waals surface area contributed by atoms with Gasteiger partial charge in [-0.3, -0.25) is 0 Å². The van der Waals surface area contributed by atoms with E-state index in [9.17, 15) is 0 Å². The molecule has 0 aliphatic carbocycles. The highest BCUT2D eigenvalue weighted by atomic mass is 15.1. The van der Waals surface area contributed by atoms with Gasteiger partial charge in [0.2, 0.25) is 0 Å². The molecular weight excluding hydrogens is 226 g/mol. The van der Waals surface area contributed by atoms with Crippen molar-refractivity contribution in [3.63, 3.8) is 0 Å². The Bertz CT molecular complexity index is 406. The van der Waals surface area contributed by atoms with Crippen LogP contribution in [0.5, 0.6) is 0 Å². The van der Waals surface area contributed by atoms with Crippen LogP contribution in [0.3, 0.4) is 0 Å². The van der Waals surface area contributed by atoms with Crippen molar-refractivity contribution in [2.75, 3.05) is 37.2 Å². The summed E-state index contributed by atoms with van der Waals surface area (Å²) >= 11 is 0. The second-order valence-corrected chi connectivity index (χ2v) is 4.08. The lowest BCUT2D eigenvalue weighted by Gasteiger charge is -2.17. The molecule has 0 fully saturated rings. The Labute approximate surface area is 109 Å². The molecule has 0 saturated carbocycles. The summed E-state index contributed by atoms with van der Waals surface area (Å²) in [5.74, 6) is 0.617. The zero-order chi connectivity index (χ0) is 13.4. The number of hydrogen-bond acceptors (Lipinski definition) is 5. The average Bonchev–Trinajstić information content (AvgIpc) is 2.40. The predicted molar refractivity (Wildman–Crippen MR) is 74.3 cm³/mol. The van der Waals surface area contributed by atoms with Gasteiger partial charge in [-0.15, -0.1) is 0 Å². The zero-order valence-electron chi connectivity index (χ0n) is 11.1. The molecule has 18 heavy (non-hydrogen) atoms. The number of pyridine rings is 1. The highest BCUT2D eigenvalue weighted by molar-refractivity contribution is 5.57. The summed E-state index contributed by atoms with van der Waals surface area (Å²) in [5, 5.41) is 12.1. The molecule has 98 valence electrons. The van der Waals surface area contributed by atoms with Gasteiger partial charge in [-0.1, -0.05) is 13.8 Å². The molecule has 1 rings (SSSR count). The Balaban J connectivity index is 2.42. The predicted octanol–water partition coefficient (Wildman–Crippen LogP) is 1.68. The van der Waals surface area contributed by atoms with E-state index < -0.39 is 0 Å². The van der Waals surface area contributed by atoms with Gasteiger partial charge in [-0.25, -0.2) is 4.98 Å². The van der Waals surface area contributed by atoms with E-state index in [0.717, 1.165) is 32.6 Å². The van der Waals surface area contributed by atoms with Crippen molar-refractivity contribution < 1.29 is 0 Å².